The second-order valence-electron chi connectivity index (χ2n) is 5.27. The lowest BCUT2D eigenvalue weighted by atomic mass is 9.99. The van der Waals surface area contributed by atoms with E-state index in [4.69, 9.17) is 0 Å². The van der Waals surface area contributed by atoms with Crippen molar-refractivity contribution in [3.8, 4) is 0 Å². The molecule has 1 aromatic rings. The fourth-order valence-electron chi connectivity index (χ4n) is 2.93. The van der Waals surface area contributed by atoms with Crippen LogP contribution in [0, 0.1) is 0 Å². The highest BCUT2D eigenvalue weighted by Crippen LogP contribution is 2.29. The Bertz CT molecular complexity index is 399. The van der Waals surface area contributed by atoms with Crippen molar-refractivity contribution in [2.45, 2.75) is 24.9 Å². The number of aliphatic hydroxyl groups is 1. The molecule has 1 aromatic carbocycles. The van der Waals surface area contributed by atoms with Gasteiger partial charge in [0.05, 0.1) is 5.60 Å². The van der Waals surface area contributed by atoms with Gasteiger partial charge in [0.15, 0.2) is 0 Å². The fourth-order valence-corrected chi connectivity index (χ4v) is 2.93. The lowest BCUT2D eigenvalue weighted by Crippen LogP contribution is -2.36. The van der Waals surface area contributed by atoms with Gasteiger partial charge in [-0.05, 0) is 37.4 Å². The van der Waals surface area contributed by atoms with Crippen molar-refractivity contribution in [3.63, 3.8) is 0 Å². The van der Waals surface area contributed by atoms with Crippen molar-refractivity contribution in [2.24, 2.45) is 0 Å². The summed E-state index contributed by atoms with van der Waals surface area (Å²) in [6, 6.07) is 8.61. The van der Waals surface area contributed by atoms with E-state index in [0.717, 1.165) is 45.4 Å². The highest BCUT2D eigenvalue weighted by Gasteiger charge is 2.31. The lowest BCUT2D eigenvalue weighted by Gasteiger charge is -2.26. The first-order chi connectivity index (χ1) is 8.27. The molecule has 1 unspecified atom stereocenters. The summed E-state index contributed by atoms with van der Waals surface area (Å²) in [4.78, 5) is 2.41. The van der Waals surface area contributed by atoms with Crippen LogP contribution < -0.4 is 10.2 Å². The quantitative estimate of drug-likeness (QED) is 0.821. The molecule has 2 aliphatic rings. The summed E-state index contributed by atoms with van der Waals surface area (Å²) in [6.07, 6.45) is 2.91. The number of nitrogens with zero attached hydrogens (tertiary/aromatic N) is 1. The molecule has 2 N–H and O–H groups in total. The number of anilines is 1. The monoisotopic (exact) mass is 232 g/mol. The number of para-hydroxylation sites is 1. The van der Waals surface area contributed by atoms with Crippen molar-refractivity contribution >= 4 is 5.69 Å². The summed E-state index contributed by atoms with van der Waals surface area (Å²) < 4.78 is 0. The van der Waals surface area contributed by atoms with Crippen LogP contribution in [0.1, 0.15) is 18.4 Å². The van der Waals surface area contributed by atoms with E-state index < -0.39 is 5.60 Å². The van der Waals surface area contributed by atoms with Gasteiger partial charge in [0, 0.05) is 25.3 Å². The Kier molecular flexibility index (Phi) is 2.81. The van der Waals surface area contributed by atoms with E-state index in [1.807, 2.05) is 0 Å². The predicted octanol–water partition coefficient (Wildman–Crippen LogP) is 1.16. The summed E-state index contributed by atoms with van der Waals surface area (Å²) in [5, 5.41) is 13.5. The van der Waals surface area contributed by atoms with Crippen LogP contribution in [-0.4, -0.2) is 36.9 Å². The second-order valence-corrected chi connectivity index (χ2v) is 5.27. The van der Waals surface area contributed by atoms with Gasteiger partial charge in [-0.3, -0.25) is 0 Å². The Balaban J connectivity index is 1.64. The molecule has 1 fully saturated rings. The smallest absolute Gasteiger partial charge is 0.0800 e. The Labute approximate surface area is 102 Å². The Hall–Kier alpha value is -1.06. The normalized spacial score (nSPS) is 27.5. The van der Waals surface area contributed by atoms with Crippen LogP contribution in [0.4, 0.5) is 5.69 Å². The van der Waals surface area contributed by atoms with E-state index in [1.54, 1.807) is 0 Å². The van der Waals surface area contributed by atoms with Crippen LogP contribution in [0.3, 0.4) is 0 Å². The topological polar surface area (TPSA) is 35.5 Å². The SMILES string of the molecule is OC1(CCN2CCc3ccccc32)CCNC1. The third-order valence-electron chi connectivity index (χ3n) is 4.05. The predicted molar refractivity (Wildman–Crippen MR) is 69.4 cm³/mol. The maximum atomic E-state index is 10.3. The van der Waals surface area contributed by atoms with Crippen LogP contribution >= 0.6 is 0 Å². The summed E-state index contributed by atoms with van der Waals surface area (Å²) in [5.41, 5.74) is 2.34. The number of nitrogens with one attached hydrogen (secondary N) is 1. The van der Waals surface area contributed by atoms with Crippen LogP contribution in [0.15, 0.2) is 24.3 Å². The van der Waals surface area contributed by atoms with Crippen LogP contribution in [0.25, 0.3) is 0 Å². The highest BCUT2D eigenvalue weighted by molar-refractivity contribution is 5.57. The van der Waals surface area contributed by atoms with Crippen molar-refractivity contribution in [3.05, 3.63) is 29.8 Å². The zero-order valence-electron chi connectivity index (χ0n) is 10.2. The minimum Gasteiger partial charge on any atom is -0.388 e. The molecular weight excluding hydrogens is 212 g/mol. The van der Waals surface area contributed by atoms with Crippen molar-refractivity contribution in [2.75, 3.05) is 31.1 Å². The van der Waals surface area contributed by atoms with Crippen LogP contribution in [-0.2, 0) is 6.42 Å². The van der Waals surface area contributed by atoms with Gasteiger partial charge >= 0.3 is 0 Å². The van der Waals surface area contributed by atoms with Crippen LogP contribution in [0.2, 0.25) is 0 Å². The lowest BCUT2D eigenvalue weighted by molar-refractivity contribution is 0.0544. The van der Waals surface area contributed by atoms with E-state index in [0.29, 0.717) is 0 Å². The number of hydrogen-bond donors (Lipinski definition) is 2. The maximum absolute atomic E-state index is 10.3. The molecule has 2 heterocycles. The molecule has 0 amide bonds. The first-order valence-electron chi connectivity index (χ1n) is 6.53. The molecule has 1 saturated heterocycles. The number of rotatable bonds is 3. The Morgan fingerprint density at radius 2 is 2.24 bits per heavy atom. The molecule has 3 heteroatoms. The number of β-amino-alcohol motifs (C(OH)–C–C–N with tert-alkyl or cyclic N) is 1. The van der Waals surface area contributed by atoms with Gasteiger partial charge in [-0.2, -0.15) is 0 Å². The third-order valence-corrected chi connectivity index (χ3v) is 4.05. The second kappa shape index (κ2) is 4.31. The summed E-state index contributed by atoms with van der Waals surface area (Å²) in [6.45, 7) is 3.77. The maximum Gasteiger partial charge on any atom is 0.0800 e. The fraction of sp³-hybridized carbons (Fsp3) is 0.571. The van der Waals surface area contributed by atoms with Gasteiger partial charge < -0.3 is 15.3 Å². The molecule has 0 radical (unpaired) electrons. The van der Waals surface area contributed by atoms with E-state index in [-0.39, 0.29) is 0 Å². The molecule has 0 bridgehead atoms. The van der Waals surface area contributed by atoms with Gasteiger partial charge in [0.1, 0.15) is 0 Å². The van der Waals surface area contributed by atoms with E-state index in [9.17, 15) is 5.11 Å². The van der Waals surface area contributed by atoms with Crippen LogP contribution in [0.5, 0.6) is 0 Å². The molecule has 92 valence electrons. The molecule has 17 heavy (non-hydrogen) atoms. The average molecular weight is 232 g/mol. The van der Waals surface area contributed by atoms with Gasteiger partial charge in [0.25, 0.3) is 0 Å². The molecule has 1 atom stereocenters. The molecule has 3 nitrogen and oxygen atoms in total. The first-order valence-corrected chi connectivity index (χ1v) is 6.53. The summed E-state index contributed by atoms with van der Waals surface area (Å²) >= 11 is 0. The largest absolute Gasteiger partial charge is 0.388 e. The van der Waals surface area contributed by atoms with E-state index in [1.165, 1.54) is 11.3 Å². The van der Waals surface area contributed by atoms with Crippen molar-refractivity contribution < 1.29 is 5.11 Å². The molecule has 0 spiro atoms. The van der Waals surface area contributed by atoms with E-state index >= 15 is 0 Å². The Morgan fingerprint density at radius 3 is 3.06 bits per heavy atom. The first kappa shape index (κ1) is 11.1. The minimum absolute atomic E-state index is 0.475. The molecule has 2 aliphatic heterocycles. The zero-order chi connectivity index (χ0) is 11.7. The van der Waals surface area contributed by atoms with Crippen molar-refractivity contribution in [1.29, 1.82) is 0 Å². The van der Waals surface area contributed by atoms with Gasteiger partial charge in [-0.1, -0.05) is 18.2 Å². The molecule has 0 saturated carbocycles. The summed E-state index contributed by atoms with van der Waals surface area (Å²) in [7, 11) is 0. The summed E-state index contributed by atoms with van der Waals surface area (Å²) in [5.74, 6) is 0. The standard InChI is InChI=1S/C14H20N2O/c17-14(6-8-15-11-14)7-10-16-9-5-12-3-1-2-4-13(12)16/h1-4,15,17H,5-11H2. The van der Waals surface area contributed by atoms with E-state index in [2.05, 4.69) is 34.5 Å². The third kappa shape index (κ3) is 2.17. The number of benzene rings is 1. The van der Waals surface area contributed by atoms with Gasteiger partial charge in [0.2, 0.25) is 0 Å². The van der Waals surface area contributed by atoms with Gasteiger partial charge in [-0.25, -0.2) is 0 Å². The minimum atomic E-state index is -0.475. The Morgan fingerprint density at radius 1 is 1.35 bits per heavy atom. The molecule has 0 aromatic heterocycles. The number of hydrogen-bond acceptors (Lipinski definition) is 3. The molecular formula is C14H20N2O. The average Bonchev–Trinajstić information content (AvgIpc) is 2.94. The van der Waals surface area contributed by atoms with Gasteiger partial charge in [-0.15, -0.1) is 0 Å². The molecule has 3 rings (SSSR count). The highest BCUT2D eigenvalue weighted by atomic mass is 16.3. The van der Waals surface area contributed by atoms with Crippen molar-refractivity contribution in [1.82, 2.24) is 5.32 Å². The molecule has 0 aliphatic carbocycles. The number of fused-ring (bicyclic) bond motifs is 1. The zero-order valence-corrected chi connectivity index (χ0v) is 10.2.